The minimum Gasteiger partial charge on any atom is -0.467 e. The van der Waals surface area contributed by atoms with Gasteiger partial charge in [0.25, 0.3) is 0 Å². The molecule has 0 fully saturated rings. The van der Waals surface area contributed by atoms with Gasteiger partial charge >= 0.3 is 18.0 Å². The number of esters is 2. The highest BCUT2D eigenvalue weighted by molar-refractivity contribution is 5.81. The zero-order valence-corrected chi connectivity index (χ0v) is 19.2. The maximum Gasteiger partial charge on any atom is 0.408 e. The number of carbonyl (C=O) groups is 3. The van der Waals surface area contributed by atoms with Crippen molar-refractivity contribution in [3.63, 3.8) is 0 Å². The van der Waals surface area contributed by atoms with Crippen molar-refractivity contribution >= 4 is 18.0 Å². The van der Waals surface area contributed by atoms with Crippen molar-refractivity contribution in [3.05, 3.63) is 12.2 Å². The lowest BCUT2D eigenvalue weighted by Crippen LogP contribution is -2.46. The molecule has 0 aliphatic rings. The zero-order valence-electron chi connectivity index (χ0n) is 19.2. The highest BCUT2D eigenvalue weighted by atomic mass is 16.6. The lowest BCUT2D eigenvalue weighted by atomic mass is 10.1. The molecule has 8 nitrogen and oxygen atoms in total. The summed E-state index contributed by atoms with van der Waals surface area (Å²) in [4.78, 5) is 34.2. The second-order valence-electron chi connectivity index (χ2n) is 7.98. The van der Waals surface area contributed by atoms with Gasteiger partial charge in [-0.05, 0) is 40.0 Å². The number of ether oxygens (including phenoxy) is 4. The smallest absolute Gasteiger partial charge is 0.408 e. The Balaban J connectivity index is 3.82. The predicted molar refractivity (Wildman–Crippen MR) is 114 cm³/mol. The summed E-state index contributed by atoms with van der Waals surface area (Å²) in [7, 11) is 1.26. The summed E-state index contributed by atoms with van der Waals surface area (Å²) < 4.78 is 20.2. The molecule has 30 heavy (non-hydrogen) atoms. The quantitative estimate of drug-likeness (QED) is 0.182. The molecule has 0 aromatic rings. The van der Waals surface area contributed by atoms with Crippen molar-refractivity contribution in [2.45, 2.75) is 84.3 Å². The van der Waals surface area contributed by atoms with Crippen LogP contribution in [0.1, 0.15) is 72.6 Å². The number of rotatable bonds is 15. The number of unbranched alkanes of at least 4 members (excludes halogenated alkanes) is 6. The Bertz CT molecular complexity index is 526. The van der Waals surface area contributed by atoms with E-state index >= 15 is 0 Å². The second-order valence-corrected chi connectivity index (χ2v) is 7.98. The predicted octanol–water partition coefficient (Wildman–Crippen LogP) is 3.92. The molecule has 1 atom stereocenters. The minimum absolute atomic E-state index is 0.00357. The summed E-state index contributed by atoms with van der Waals surface area (Å²) >= 11 is 0. The number of hydrogen-bond acceptors (Lipinski definition) is 7. The lowest BCUT2D eigenvalue weighted by Gasteiger charge is -2.22. The van der Waals surface area contributed by atoms with E-state index in [0.29, 0.717) is 13.2 Å². The Morgan fingerprint density at radius 2 is 1.60 bits per heavy atom. The monoisotopic (exact) mass is 429 g/mol. The van der Waals surface area contributed by atoms with E-state index in [-0.39, 0.29) is 12.6 Å². The van der Waals surface area contributed by atoms with Crippen LogP contribution in [0.2, 0.25) is 0 Å². The maximum atomic E-state index is 11.8. The summed E-state index contributed by atoms with van der Waals surface area (Å²) in [5, 5.41) is 2.46. The molecular formula is C22H39NO7. The third-order valence-electron chi connectivity index (χ3n) is 3.91. The van der Waals surface area contributed by atoms with Crippen LogP contribution < -0.4 is 5.32 Å². The minimum atomic E-state index is -0.918. The van der Waals surface area contributed by atoms with E-state index in [9.17, 15) is 14.4 Å². The fourth-order valence-corrected chi connectivity index (χ4v) is 2.49. The van der Waals surface area contributed by atoms with E-state index in [0.717, 1.165) is 38.5 Å². The first kappa shape index (κ1) is 27.9. The van der Waals surface area contributed by atoms with Crippen molar-refractivity contribution in [2.24, 2.45) is 0 Å². The van der Waals surface area contributed by atoms with Crippen molar-refractivity contribution in [2.75, 3.05) is 26.9 Å². The Morgan fingerprint density at radius 3 is 2.20 bits per heavy atom. The molecule has 0 aliphatic heterocycles. The van der Waals surface area contributed by atoms with Gasteiger partial charge in [-0.2, -0.15) is 0 Å². The van der Waals surface area contributed by atoms with E-state index in [4.69, 9.17) is 14.2 Å². The van der Waals surface area contributed by atoms with Crippen LogP contribution in [0.25, 0.3) is 0 Å². The van der Waals surface area contributed by atoms with Crippen LogP contribution in [0.15, 0.2) is 12.2 Å². The topological polar surface area (TPSA) is 100 Å². The van der Waals surface area contributed by atoms with Gasteiger partial charge in [0.05, 0.1) is 26.9 Å². The Hall–Kier alpha value is -2.09. The fourth-order valence-electron chi connectivity index (χ4n) is 2.49. The van der Waals surface area contributed by atoms with Crippen LogP contribution in [0, 0.1) is 0 Å². The third-order valence-corrected chi connectivity index (χ3v) is 3.91. The molecule has 0 saturated heterocycles. The number of methoxy groups -OCH3 is 1. The van der Waals surface area contributed by atoms with Crippen molar-refractivity contribution in [1.82, 2.24) is 5.32 Å². The average Bonchev–Trinajstić information content (AvgIpc) is 2.64. The summed E-state index contributed by atoms with van der Waals surface area (Å²) in [5.41, 5.74) is -0.655. The van der Waals surface area contributed by atoms with Gasteiger partial charge in [0.1, 0.15) is 5.60 Å². The summed E-state index contributed by atoms with van der Waals surface area (Å²) in [6.07, 6.45) is 10.8. The van der Waals surface area contributed by atoms with Crippen LogP contribution in [0.3, 0.4) is 0 Å². The van der Waals surface area contributed by atoms with E-state index in [1.54, 1.807) is 20.8 Å². The van der Waals surface area contributed by atoms with Gasteiger partial charge in [-0.25, -0.2) is 9.59 Å². The third kappa shape index (κ3) is 18.0. The summed E-state index contributed by atoms with van der Waals surface area (Å²) in [5.74, 6) is -0.802. The molecule has 0 aromatic carbocycles. The van der Waals surface area contributed by atoms with E-state index in [1.165, 1.54) is 20.5 Å². The number of alkyl carbamates (subject to hydrolysis) is 1. The molecule has 1 amide bonds. The largest absolute Gasteiger partial charge is 0.467 e. The van der Waals surface area contributed by atoms with E-state index in [2.05, 4.69) is 16.1 Å². The summed E-state index contributed by atoms with van der Waals surface area (Å²) in [6, 6.07) is -0.918. The SMILES string of the molecule is COC(=O)[C@H](COC/C=C/CCCCCCCCOC(C)=O)NC(=O)OC(C)(C)C. The molecule has 0 heterocycles. The molecule has 0 rings (SSSR count). The van der Waals surface area contributed by atoms with Crippen molar-refractivity contribution < 1.29 is 33.3 Å². The number of nitrogens with one attached hydrogen (secondary N) is 1. The van der Waals surface area contributed by atoms with Gasteiger partial charge in [-0.1, -0.05) is 37.8 Å². The molecule has 174 valence electrons. The van der Waals surface area contributed by atoms with Crippen LogP contribution in [-0.4, -0.2) is 56.6 Å². The molecule has 0 aliphatic carbocycles. The highest BCUT2D eigenvalue weighted by Gasteiger charge is 2.25. The van der Waals surface area contributed by atoms with Gasteiger partial charge in [0.2, 0.25) is 0 Å². The Kier molecular flexibility index (Phi) is 15.5. The molecule has 0 aromatic heterocycles. The van der Waals surface area contributed by atoms with Gasteiger partial charge in [0.15, 0.2) is 6.04 Å². The molecule has 8 heteroatoms. The summed E-state index contributed by atoms with van der Waals surface area (Å²) in [6.45, 7) is 7.52. The molecule has 1 N–H and O–H groups in total. The Morgan fingerprint density at radius 1 is 0.967 bits per heavy atom. The number of amides is 1. The lowest BCUT2D eigenvalue weighted by molar-refractivity contribution is -0.144. The van der Waals surface area contributed by atoms with Crippen LogP contribution in [0.5, 0.6) is 0 Å². The molecule has 0 saturated carbocycles. The first-order valence-electron chi connectivity index (χ1n) is 10.6. The zero-order chi connectivity index (χ0) is 22.8. The van der Waals surface area contributed by atoms with Crippen LogP contribution >= 0.6 is 0 Å². The van der Waals surface area contributed by atoms with Crippen LogP contribution in [-0.2, 0) is 28.5 Å². The van der Waals surface area contributed by atoms with Crippen molar-refractivity contribution in [3.8, 4) is 0 Å². The first-order valence-corrected chi connectivity index (χ1v) is 10.6. The molecule has 0 bridgehead atoms. The number of hydrogen-bond donors (Lipinski definition) is 1. The normalized spacial score (nSPS) is 12.4. The van der Waals surface area contributed by atoms with Gasteiger partial charge < -0.3 is 24.3 Å². The number of allylic oxidation sites excluding steroid dienone is 1. The molecular weight excluding hydrogens is 390 g/mol. The average molecular weight is 430 g/mol. The van der Waals surface area contributed by atoms with Crippen molar-refractivity contribution in [1.29, 1.82) is 0 Å². The molecule has 0 unspecified atom stereocenters. The fraction of sp³-hybridized carbons (Fsp3) is 0.773. The van der Waals surface area contributed by atoms with Gasteiger partial charge in [-0.3, -0.25) is 4.79 Å². The van der Waals surface area contributed by atoms with Gasteiger partial charge in [-0.15, -0.1) is 0 Å². The van der Waals surface area contributed by atoms with E-state index in [1.807, 2.05) is 6.08 Å². The number of carbonyl (C=O) groups excluding carboxylic acids is 3. The Labute approximate surface area is 180 Å². The molecule has 0 radical (unpaired) electrons. The van der Waals surface area contributed by atoms with Crippen LogP contribution in [0.4, 0.5) is 4.79 Å². The standard InChI is InChI=1S/C22H39NO7/c1-18(24)29-16-14-12-10-8-6-7-9-11-13-15-28-17-19(20(25)27-5)23-21(26)30-22(2,3)4/h11,13,19H,6-10,12,14-17H2,1-5H3,(H,23,26)/b13-11+/t19-/m0/s1. The first-order chi connectivity index (χ1) is 14.2. The highest BCUT2D eigenvalue weighted by Crippen LogP contribution is 2.08. The molecule has 0 spiro atoms. The van der Waals surface area contributed by atoms with Gasteiger partial charge in [0, 0.05) is 6.92 Å². The van der Waals surface area contributed by atoms with E-state index < -0.39 is 23.7 Å². The maximum absolute atomic E-state index is 11.8. The second kappa shape index (κ2) is 16.7.